The molecule has 0 fully saturated rings. The van der Waals surface area contributed by atoms with E-state index in [-0.39, 0.29) is 0 Å². The van der Waals surface area contributed by atoms with Crippen LogP contribution in [0.2, 0.25) is 17.3 Å². The van der Waals surface area contributed by atoms with Gasteiger partial charge in [-0.1, -0.05) is 0 Å². The first kappa shape index (κ1) is 17.2. The van der Waals surface area contributed by atoms with Crippen molar-refractivity contribution in [3.05, 3.63) is 59.3 Å². The van der Waals surface area contributed by atoms with Gasteiger partial charge in [-0.25, -0.2) is 0 Å². The Bertz CT molecular complexity index is 933. The molecule has 24 heavy (non-hydrogen) atoms. The van der Waals surface area contributed by atoms with Crippen LogP contribution in [-0.2, 0) is 7.05 Å². The first-order valence-corrected chi connectivity index (χ1v) is 16.0. The van der Waals surface area contributed by atoms with Crippen LogP contribution in [0.4, 0.5) is 0 Å². The van der Waals surface area contributed by atoms with E-state index < -0.39 is 13.3 Å². The van der Waals surface area contributed by atoms with Crippen LogP contribution < -0.4 is 8.96 Å². The van der Waals surface area contributed by atoms with Crippen LogP contribution in [0.5, 0.6) is 0 Å². The summed E-state index contributed by atoms with van der Waals surface area (Å²) in [6.45, 7) is 6.65. The number of pyridine rings is 1. The number of benzene rings is 2. The molecule has 2 aromatic carbocycles. The summed E-state index contributed by atoms with van der Waals surface area (Å²) in [5.74, 6) is 7.39. The molecule has 0 saturated carbocycles. The van der Waals surface area contributed by atoms with Gasteiger partial charge in [0.25, 0.3) is 0 Å². The first-order chi connectivity index (χ1) is 11.2. The molecule has 3 aromatic rings. The van der Waals surface area contributed by atoms with Crippen molar-refractivity contribution in [1.29, 1.82) is 0 Å². The average molecular weight is 379 g/mol. The topological polar surface area (TPSA) is 3.88 Å². The Morgan fingerprint density at radius 3 is 2.25 bits per heavy atom. The maximum atomic E-state index is 2.46. The first-order valence-electron chi connectivity index (χ1n) is 8.69. The molecule has 0 amide bonds. The molecule has 0 spiro atoms. The Labute approximate surface area is 148 Å². The average Bonchev–Trinajstić information content (AvgIpc) is 2.49. The summed E-state index contributed by atoms with van der Waals surface area (Å²) < 4.78 is 3.85. The van der Waals surface area contributed by atoms with Gasteiger partial charge in [0.2, 0.25) is 0 Å². The van der Waals surface area contributed by atoms with Crippen LogP contribution >= 0.6 is 0 Å². The van der Waals surface area contributed by atoms with Crippen LogP contribution in [0.1, 0.15) is 16.7 Å². The van der Waals surface area contributed by atoms with Gasteiger partial charge in [-0.05, 0) is 0 Å². The van der Waals surface area contributed by atoms with E-state index in [1.54, 1.807) is 4.40 Å². The third-order valence-corrected chi connectivity index (χ3v) is 9.36. The van der Waals surface area contributed by atoms with E-state index in [0.29, 0.717) is 0 Å². The summed E-state index contributed by atoms with van der Waals surface area (Å²) in [7, 11) is 2.16. The number of hydrogen-bond acceptors (Lipinski definition) is 0. The van der Waals surface area contributed by atoms with Crippen molar-refractivity contribution in [2.24, 2.45) is 7.05 Å². The molecule has 1 heterocycles. The molecule has 0 saturated heterocycles. The predicted molar refractivity (Wildman–Crippen MR) is 108 cm³/mol. The molecule has 0 aliphatic heterocycles. The SMILES string of the molecule is Cc1cc(C)c(C)c(-c2c3c[c]([Ge]([CH3])([CH3])[CH3])ccc3cc[n+]2C)c1. The zero-order valence-electron chi connectivity index (χ0n) is 16.0. The van der Waals surface area contributed by atoms with E-state index >= 15 is 0 Å². The summed E-state index contributed by atoms with van der Waals surface area (Å²) in [4.78, 5) is 0. The maximum absolute atomic E-state index is 2.46. The van der Waals surface area contributed by atoms with Gasteiger partial charge < -0.3 is 0 Å². The summed E-state index contributed by atoms with van der Waals surface area (Å²) in [6.07, 6.45) is 2.19. The monoisotopic (exact) mass is 380 g/mol. The van der Waals surface area contributed by atoms with Crippen molar-refractivity contribution in [2.45, 2.75) is 38.0 Å². The quantitative estimate of drug-likeness (QED) is 0.445. The standard InChI is InChI=1S/C22H28GeN/c1-15-12-16(2)17(3)20(13-15)22-21-14-19(23(4,5)6)9-8-18(21)10-11-24(22)7/h8-14H,1-7H3/q+1. The molecular formula is C22H28GeN+. The Balaban J connectivity index is 2.41. The second kappa shape index (κ2) is 6.04. The van der Waals surface area contributed by atoms with Crippen LogP contribution in [0.3, 0.4) is 0 Å². The fraction of sp³-hybridized carbons (Fsp3) is 0.318. The molecule has 3 rings (SSSR count). The number of hydrogen-bond donors (Lipinski definition) is 0. The second-order valence-electron chi connectivity index (χ2n) is 8.08. The second-order valence-corrected chi connectivity index (χ2v) is 18.7. The van der Waals surface area contributed by atoms with Gasteiger partial charge in [-0.2, -0.15) is 0 Å². The Morgan fingerprint density at radius 1 is 0.875 bits per heavy atom. The molecular weight excluding hydrogens is 351 g/mol. The minimum absolute atomic E-state index is 1.33. The summed E-state index contributed by atoms with van der Waals surface area (Å²) >= 11 is -1.86. The molecule has 124 valence electrons. The molecule has 0 N–H and O–H groups in total. The summed E-state index contributed by atoms with van der Waals surface area (Å²) in [6, 6.07) is 14.0. The zero-order chi connectivity index (χ0) is 17.6. The van der Waals surface area contributed by atoms with Crippen molar-refractivity contribution in [1.82, 2.24) is 0 Å². The third kappa shape index (κ3) is 3.02. The zero-order valence-corrected chi connectivity index (χ0v) is 18.1. The van der Waals surface area contributed by atoms with Gasteiger partial charge in [0.15, 0.2) is 0 Å². The molecule has 0 radical (unpaired) electrons. The predicted octanol–water partition coefficient (Wildman–Crippen LogP) is 4.80. The van der Waals surface area contributed by atoms with E-state index in [1.807, 2.05) is 0 Å². The fourth-order valence-corrected chi connectivity index (χ4v) is 5.89. The minimum atomic E-state index is -1.86. The fourth-order valence-electron chi connectivity index (χ4n) is 3.45. The number of nitrogens with zero attached hydrogens (tertiary/aromatic N) is 1. The van der Waals surface area contributed by atoms with Gasteiger partial charge in [0, 0.05) is 0 Å². The van der Waals surface area contributed by atoms with Crippen molar-refractivity contribution < 1.29 is 4.57 Å². The van der Waals surface area contributed by atoms with Crippen molar-refractivity contribution in [2.75, 3.05) is 0 Å². The summed E-state index contributed by atoms with van der Waals surface area (Å²) in [5.41, 5.74) is 6.78. The van der Waals surface area contributed by atoms with E-state index in [9.17, 15) is 0 Å². The van der Waals surface area contributed by atoms with Gasteiger partial charge in [0.1, 0.15) is 0 Å². The van der Waals surface area contributed by atoms with E-state index in [2.05, 4.69) is 92.2 Å². The molecule has 0 aliphatic carbocycles. The van der Waals surface area contributed by atoms with Crippen LogP contribution in [-0.4, -0.2) is 13.3 Å². The molecule has 0 unspecified atom stereocenters. The van der Waals surface area contributed by atoms with Gasteiger partial charge in [0.05, 0.1) is 0 Å². The van der Waals surface area contributed by atoms with Crippen molar-refractivity contribution >= 4 is 28.4 Å². The van der Waals surface area contributed by atoms with Gasteiger partial charge >= 0.3 is 149 Å². The number of aromatic nitrogens is 1. The molecule has 0 atom stereocenters. The number of aryl methyl sites for hydroxylation is 3. The van der Waals surface area contributed by atoms with Crippen molar-refractivity contribution in [3.63, 3.8) is 0 Å². The Hall–Kier alpha value is -1.61. The van der Waals surface area contributed by atoms with E-state index in [1.165, 1.54) is 38.7 Å². The van der Waals surface area contributed by atoms with Crippen LogP contribution in [0.25, 0.3) is 22.0 Å². The van der Waals surface area contributed by atoms with Crippen LogP contribution in [0, 0.1) is 20.8 Å². The molecule has 0 aliphatic rings. The number of rotatable bonds is 2. The van der Waals surface area contributed by atoms with Gasteiger partial charge in [-0.15, -0.1) is 0 Å². The molecule has 2 heteroatoms. The van der Waals surface area contributed by atoms with Crippen LogP contribution in [0.15, 0.2) is 42.6 Å². The van der Waals surface area contributed by atoms with Crippen molar-refractivity contribution in [3.8, 4) is 11.3 Å². The Kier molecular flexibility index (Phi) is 4.33. The van der Waals surface area contributed by atoms with Gasteiger partial charge in [-0.3, -0.25) is 0 Å². The normalized spacial score (nSPS) is 12.0. The molecule has 1 nitrogen and oxygen atoms in total. The summed E-state index contributed by atoms with van der Waals surface area (Å²) in [5, 5.41) is 2.71. The molecule has 1 aromatic heterocycles. The number of fused-ring (bicyclic) bond motifs is 1. The van der Waals surface area contributed by atoms with E-state index in [4.69, 9.17) is 0 Å². The Morgan fingerprint density at radius 2 is 1.58 bits per heavy atom. The molecule has 0 bridgehead atoms. The van der Waals surface area contributed by atoms with E-state index in [0.717, 1.165) is 0 Å². The third-order valence-electron chi connectivity index (χ3n) is 5.07.